The van der Waals surface area contributed by atoms with Gasteiger partial charge in [0, 0.05) is 84.5 Å². The number of aromatic nitrogens is 1. The van der Waals surface area contributed by atoms with E-state index in [2.05, 4.69) is 274 Å². The zero-order valence-corrected chi connectivity index (χ0v) is 35.4. The highest BCUT2D eigenvalue weighted by Crippen LogP contribution is 2.44. The maximum atomic E-state index is 6.69. The Balaban J connectivity index is 1.01. The van der Waals surface area contributed by atoms with Crippen molar-refractivity contribution >= 4 is 94.9 Å². The van der Waals surface area contributed by atoms with Crippen molar-refractivity contribution in [3.8, 4) is 5.69 Å². The summed E-state index contributed by atoms with van der Waals surface area (Å²) >= 11 is 0. The van der Waals surface area contributed by atoms with E-state index < -0.39 is 0 Å². The topological polar surface area (TPSA) is 27.8 Å². The van der Waals surface area contributed by atoms with Gasteiger partial charge in [-0.1, -0.05) is 115 Å². The van der Waals surface area contributed by atoms with Crippen molar-refractivity contribution in [2.45, 2.75) is 0 Å². The first-order valence-corrected chi connectivity index (χ1v) is 22.0. The summed E-state index contributed by atoms with van der Waals surface area (Å²) in [6.45, 7) is 0. The number of nitrogens with zero attached hydrogens (tertiary/aromatic N) is 4. The number of hydrogen-bond acceptors (Lipinski definition) is 4. The van der Waals surface area contributed by atoms with E-state index in [4.69, 9.17) is 4.42 Å². The van der Waals surface area contributed by atoms with Crippen LogP contribution in [0.1, 0.15) is 0 Å². The van der Waals surface area contributed by atoms with Crippen LogP contribution >= 0.6 is 0 Å². The molecule has 5 nitrogen and oxygen atoms in total. The first-order chi connectivity index (χ1) is 32.2. The summed E-state index contributed by atoms with van der Waals surface area (Å²) in [5, 5.41) is 4.48. The van der Waals surface area contributed by atoms with Crippen molar-refractivity contribution in [1.29, 1.82) is 0 Å². The SMILES string of the molecule is c1ccc(N(c2ccccc2)c2ccc3oc4cc(N(c5ccccc5)c5ccc6c7cc(N(c8ccccc8)c8ccccc8)ccc7n(-c7ccccc7)c6c5)ccc4c3c2)cc1. The Morgan fingerprint density at radius 3 is 1.14 bits per heavy atom. The Labute approximate surface area is 377 Å². The molecule has 0 radical (unpaired) electrons. The van der Waals surface area contributed by atoms with E-state index in [9.17, 15) is 0 Å². The van der Waals surface area contributed by atoms with Crippen LogP contribution in [-0.4, -0.2) is 4.57 Å². The molecule has 12 aromatic rings. The predicted molar refractivity (Wildman–Crippen MR) is 272 cm³/mol. The molecule has 0 aliphatic rings. The number of furan rings is 1. The summed E-state index contributed by atoms with van der Waals surface area (Å²) < 4.78 is 9.08. The number of benzene rings is 10. The van der Waals surface area contributed by atoms with Gasteiger partial charge in [-0.2, -0.15) is 0 Å². The largest absolute Gasteiger partial charge is 0.456 e. The minimum Gasteiger partial charge on any atom is -0.456 e. The molecule has 10 aromatic carbocycles. The van der Waals surface area contributed by atoms with Gasteiger partial charge in [0.2, 0.25) is 0 Å². The van der Waals surface area contributed by atoms with E-state index in [0.29, 0.717) is 0 Å². The number of rotatable bonds is 10. The van der Waals surface area contributed by atoms with Crippen LogP contribution in [0.4, 0.5) is 51.2 Å². The lowest BCUT2D eigenvalue weighted by Gasteiger charge is -2.26. The fraction of sp³-hybridized carbons (Fsp3) is 0. The Hall–Kier alpha value is -8.80. The monoisotopic (exact) mass is 834 g/mol. The molecule has 0 aliphatic carbocycles. The highest BCUT2D eigenvalue weighted by molar-refractivity contribution is 6.12. The zero-order chi connectivity index (χ0) is 43.1. The van der Waals surface area contributed by atoms with E-state index in [0.717, 1.165) is 89.8 Å². The molecule has 5 heteroatoms. The van der Waals surface area contributed by atoms with Gasteiger partial charge in [0.1, 0.15) is 11.2 Å². The van der Waals surface area contributed by atoms with E-state index >= 15 is 0 Å². The van der Waals surface area contributed by atoms with Crippen LogP contribution in [0.5, 0.6) is 0 Å². The summed E-state index contributed by atoms with van der Waals surface area (Å²) in [5.41, 5.74) is 14.7. The minimum absolute atomic E-state index is 0.829. The first-order valence-electron chi connectivity index (χ1n) is 22.0. The van der Waals surface area contributed by atoms with Crippen LogP contribution in [0, 0.1) is 0 Å². The predicted octanol–water partition coefficient (Wildman–Crippen LogP) is 17.1. The Kier molecular flexibility index (Phi) is 9.42. The second kappa shape index (κ2) is 16.2. The lowest BCUT2D eigenvalue weighted by molar-refractivity contribution is 0.669. The van der Waals surface area contributed by atoms with E-state index in [1.165, 1.54) is 10.8 Å². The fourth-order valence-corrected chi connectivity index (χ4v) is 9.39. The van der Waals surface area contributed by atoms with Gasteiger partial charge in [-0.3, -0.25) is 0 Å². The van der Waals surface area contributed by atoms with E-state index in [1.807, 2.05) is 0 Å². The summed E-state index contributed by atoms with van der Waals surface area (Å²) in [6.07, 6.45) is 0. The van der Waals surface area contributed by atoms with Crippen molar-refractivity contribution in [2.24, 2.45) is 0 Å². The molecule has 65 heavy (non-hydrogen) atoms. The normalized spacial score (nSPS) is 11.4. The highest BCUT2D eigenvalue weighted by atomic mass is 16.3. The van der Waals surface area contributed by atoms with Crippen LogP contribution in [0.25, 0.3) is 49.4 Å². The third kappa shape index (κ3) is 6.83. The number of hydrogen-bond donors (Lipinski definition) is 0. The second-order valence-electron chi connectivity index (χ2n) is 16.2. The quantitative estimate of drug-likeness (QED) is 0.137. The average Bonchev–Trinajstić information content (AvgIpc) is 3.90. The number of anilines is 9. The van der Waals surface area contributed by atoms with Gasteiger partial charge in [-0.15, -0.1) is 0 Å². The summed E-state index contributed by atoms with van der Waals surface area (Å²) in [4.78, 5) is 6.95. The highest BCUT2D eigenvalue weighted by Gasteiger charge is 2.22. The molecule has 0 bridgehead atoms. The van der Waals surface area contributed by atoms with Gasteiger partial charge in [0.15, 0.2) is 0 Å². The summed E-state index contributed by atoms with van der Waals surface area (Å²) in [5.74, 6) is 0. The van der Waals surface area contributed by atoms with Crippen LogP contribution in [-0.2, 0) is 0 Å². The lowest BCUT2D eigenvalue weighted by Crippen LogP contribution is -2.10. The average molecular weight is 835 g/mol. The standard InChI is InChI=1S/C60H42N4O/c1-7-19-43(20-8-1)61(44-21-9-2-10-22-44)49-33-37-57-55(39-49)53-35-31-51(41-58(53)64(57)48-29-17-6-18-30-48)63(47-27-15-5-16-28-47)52-32-36-54-56-40-50(34-38-59(56)65-60(54)42-52)62(45-23-11-3-12-24-45)46-25-13-4-14-26-46/h1-42H. The molecule has 2 heterocycles. The molecule has 0 saturated heterocycles. The number of para-hydroxylation sites is 6. The summed E-state index contributed by atoms with van der Waals surface area (Å²) in [6, 6.07) is 90.3. The fourth-order valence-electron chi connectivity index (χ4n) is 9.39. The van der Waals surface area contributed by atoms with Crippen molar-refractivity contribution in [2.75, 3.05) is 14.7 Å². The smallest absolute Gasteiger partial charge is 0.137 e. The van der Waals surface area contributed by atoms with Crippen LogP contribution in [0.15, 0.2) is 259 Å². The van der Waals surface area contributed by atoms with Crippen LogP contribution < -0.4 is 14.7 Å². The van der Waals surface area contributed by atoms with Crippen molar-refractivity contribution < 1.29 is 4.42 Å². The van der Waals surface area contributed by atoms with Gasteiger partial charge in [-0.25, -0.2) is 0 Å². The minimum atomic E-state index is 0.829. The molecule has 0 atom stereocenters. The molecule has 0 unspecified atom stereocenters. The lowest BCUT2D eigenvalue weighted by atomic mass is 10.1. The van der Waals surface area contributed by atoms with Crippen LogP contribution in [0.3, 0.4) is 0 Å². The van der Waals surface area contributed by atoms with Crippen molar-refractivity contribution in [3.63, 3.8) is 0 Å². The maximum absolute atomic E-state index is 6.69. The van der Waals surface area contributed by atoms with Crippen LogP contribution in [0.2, 0.25) is 0 Å². The zero-order valence-electron chi connectivity index (χ0n) is 35.4. The molecule has 0 N–H and O–H groups in total. The van der Waals surface area contributed by atoms with Crippen molar-refractivity contribution in [3.05, 3.63) is 255 Å². The van der Waals surface area contributed by atoms with Gasteiger partial charge in [0.25, 0.3) is 0 Å². The molecule has 0 aliphatic heterocycles. The summed E-state index contributed by atoms with van der Waals surface area (Å²) in [7, 11) is 0. The molecular formula is C60H42N4O. The Morgan fingerprint density at radius 1 is 0.246 bits per heavy atom. The second-order valence-corrected chi connectivity index (χ2v) is 16.2. The number of fused-ring (bicyclic) bond motifs is 6. The molecule has 0 saturated carbocycles. The molecule has 0 amide bonds. The van der Waals surface area contributed by atoms with Gasteiger partial charge in [-0.05, 0) is 133 Å². The molecule has 0 fully saturated rings. The van der Waals surface area contributed by atoms with E-state index in [1.54, 1.807) is 0 Å². The molecule has 12 rings (SSSR count). The first kappa shape index (κ1) is 37.9. The van der Waals surface area contributed by atoms with Gasteiger partial charge >= 0.3 is 0 Å². The Bertz CT molecular complexity index is 3510. The van der Waals surface area contributed by atoms with Gasteiger partial charge < -0.3 is 23.7 Å². The van der Waals surface area contributed by atoms with Gasteiger partial charge in [0.05, 0.1) is 11.0 Å². The molecule has 308 valence electrons. The van der Waals surface area contributed by atoms with Crippen molar-refractivity contribution in [1.82, 2.24) is 4.57 Å². The third-order valence-corrected chi connectivity index (χ3v) is 12.3. The molecule has 2 aromatic heterocycles. The molecule has 0 spiro atoms. The van der Waals surface area contributed by atoms with E-state index in [-0.39, 0.29) is 0 Å². The Morgan fingerprint density at radius 2 is 0.631 bits per heavy atom. The maximum Gasteiger partial charge on any atom is 0.137 e. The molecular weight excluding hydrogens is 793 g/mol. The third-order valence-electron chi connectivity index (χ3n) is 12.3.